The Hall–Kier alpha value is -1.94. The number of nitrogens with zero attached hydrogens (tertiary/aromatic N) is 2. The van der Waals surface area contributed by atoms with Gasteiger partial charge in [-0.2, -0.15) is 0 Å². The van der Waals surface area contributed by atoms with E-state index >= 15 is 0 Å². The monoisotopic (exact) mass is 284 g/mol. The number of pyridine rings is 1. The van der Waals surface area contributed by atoms with E-state index in [1.165, 1.54) is 0 Å². The van der Waals surface area contributed by atoms with Crippen LogP contribution in [-0.4, -0.2) is 40.1 Å². The first kappa shape index (κ1) is 14.0. The first-order chi connectivity index (χ1) is 10.3. The molecular formula is C17H20N2O2. The number of hydrogen-bond donors (Lipinski definition) is 1. The Morgan fingerprint density at radius 1 is 1.19 bits per heavy atom. The second-order valence-electron chi connectivity index (χ2n) is 5.57. The quantitative estimate of drug-likeness (QED) is 0.922. The molecule has 4 nitrogen and oxygen atoms in total. The molecule has 1 aliphatic heterocycles. The molecule has 1 aromatic heterocycles. The van der Waals surface area contributed by atoms with Gasteiger partial charge >= 0.3 is 0 Å². The molecule has 0 spiro atoms. The molecule has 1 unspecified atom stereocenters. The van der Waals surface area contributed by atoms with Crippen LogP contribution in [-0.2, 0) is 0 Å². The van der Waals surface area contributed by atoms with E-state index in [4.69, 9.17) is 0 Å². The van der Waals surface area contributed by atoms with E-state index in [0.717, 1.165) is 36.6 Å². The highest BCUT2D eigenvalue weighted by Crippen LogP contribution is 2.20. The summed E-state index contributed by atoms with van der Waals surface area (Å²) in [4.78, 5) is 19.0. The molecule has 1 amide bonds. The van der Waals surface area contributed by atoms with Crippen molar-refractivity contribution in [1.82, 2.24) is 9.88 Å². The maximum Gasteiger partial charge on any atom is 0.272 e. The second kappa shape index (κ2) is 6.22. The normalized spacial score (nSPS) is 19.5. The van der Waals surface area contributed by atoms with Gasteiger partial charge in [0.1, 0.15) is 5.69 Å². The van der Waals surface area contributed by atoms with E-state index in [0.29, 0.717) is 12.2 Å². The number of aromatic nitrogens is 1. The number of para-hydroxylation sites is 1. The molecule has 3 rings (SSSR count). The largest absolute Gasteiger partial charge is 0.394 e. The minimum atomic E-state index is -0.0757. The minimum Gasteiger partial charge on any atom is -0.394 e. The predicted octanol–water partition coefficient (Wildman–Crippen LogP) is 2.61. The van der Waals surface area contributed by atoms with E-state index in [1.807, 2.05) is 30.3 Å². The van der Waals surface area contributed by atoms with Crippen molar-refractivity contribution in [3.05, 3.63) is 42.1 Å². The molecule has 0 bridgehead atoms. The van der Waals surface area contributed by atoms with Crippen molar-refractivity contribution in [2.24, 2.45) is 0 Å². The summed E-state index contributed by atoms with van der Waals surface area (Å²) in [7, 11) is 0. The van der Waals surface area contributed by atoms with E-state index < -0.39 is 0 Å². The fourth-order valence-electron chi connectivity index (χ4n) is 2.97. The molecular weight excluding hydrogens is 264 g/mol. The van der Waals surface area contributed by atoms with Crippen molar-refractivity contribution in [2.75, 3.05) is 13.2 Å². The zero-order valence-corrected chi connectivity index (χ0v) is 12.0. The van der Waals surface area contributed by atoms with Crippen molar-refractivity contribution < 1.29 is 9.90 Å². The topological polar surface area (TPSA) is 53.4 Å². The lowest BCUT2D eigenvalue weighted by molar-refractivity contribution is 0.0594. The van der Waals surface area contributed by atoms with Gasteiger partial charge in [0.25, 0.3) is 5.91 Å². The number of fused-ring (bicyclic) bond motifs is 1. The summed E-state index contributed by atoms with van der Waals surface area (Å²) in [6, 6.07) is 11.4. The number of rotatable bonds is 2. The Balaban J connectivity index is 1.90. The van der Waals surface area contributed by atoms with Crippen molar-refractivity contribution in [3.8, 4) is 0 Å². The highest BCUT2D eigenvalue weighted by atomic mass is 16.3. The number of hydrogen-bond acceptors (Lipinski definition) is 3. The smallest absolute Gasteiger partial charge is 0.272 e. The molecule has 21 heavy (non-hydrogen) atoms. The van der Waals surface area contributed by atoms with Crippen LogP contribution in [0, 0.1) is 0 Å². The van der Waals surface area contributed by atoms with E-state index in [-0.39, 0.29) is 18.6 Å². The Kier molecular flexibility index (Phi) is 4.15. The van der Waals surface area contributed by atoms with Gasteiger partial charge in [0.2, 0.25) is 0 Å². The molecule has 1 saturated heterocycles. The number of carbonyl (C=O) groups is 1. The standard InChI is InChI=1S/C17H20N2O2/c20-12-14-7-2-1-5-11-19(14)17(21)16-10-9-13-6-3-4-8-15(13)18-16/h3-4,6,8-10,14,20H,1-2,5,7,11-12H2. The third kappa shape index (κ3) is 2.90. The average molecular weight is 284 g/mol. The molecule has 1 atom stereocenters. The van der Waals surface area contributed by atoms with Gasteiger partial charge in [-0.25, -0.2) is 4.98 Å². The molecule has 0 saturated carbocycles. The molecule has 1 N–H and O–H groups in total. The van der Waals surface area contributed by atoms with Crippen LogP contribution in [0.1, 0.15) is 36.2 Å². The van der Waals surface area contributed by atoms with Crippen LogP contribution < -0.4 is 0 Å². The predicted molar refractivity (Wildman–Crippen MR) is 82.1 cm³/mol. The number of carbonyl (C=O) groups excluding carboxylic acids is 1. The SMILES string of the molecule is O=C(c1ccc2ccccc2n1)N1CCCCCC1CO. The molecule has 1 fully saturated rings. The van der Waals surface area contributed by atoms with Gasteiger partial charge in [-0.05, 0) is 25.0 Å². The van der Waals surface area contributed by atoms with Crippen LogP contribution >= 0.6 is 0 Å². The Labute approximate surface area is 124 Å². The van der Waals surface area contributed by atoms with Crippen LogP contribution in [0.25, 0.3) is 10.9 Å². The van der Waals surface area contributed by atoms with Gasteiger partial charge in [0.15, 0.2) is 0 Å². The van der Waals surface area contributed by atoms with E-state index in [9.17, 15) is 9.90 Å². The molecule has 0 radical (unpaired) electrons. The van der Waals surface area contributed by atoms with Gasteiger partial charge in [-0.3, -0.25) is 4.79 Å². The summed E-state index contributed by atoms with van der Waals surface area (Å²) in [6.07, 6.45) is 4.05. The van der Waals surface area contributed by atoms with Gasteiger partial charge in [-0.15, -0.1) is 0 Å². The highest BCUT2D eigenvalue weighted by molar-refractivity contribution is 5.95. The number of aliphatic hydroxyl groups is 1. The van der Waals surface area contributed by atoms with E-state index in [2.05, 4.69) is 4.98 Å². The Morgan fingerprint density at radius 3 is 2.90 bits per heavy atom. The summed E-state index contributed by atoms with van der Waals surface area (Å²) in [5.41, 5.74) is 1.30. The molecule has 4 heteroatoms. The first-order valence-electron chi connectivity index (χ1n) is 7.57. The summed E-state index contributed by atoms with van der Waals surface area (Å²) < 4.78 is 0. The molecule has 1 aromatic carbocycles. The second-order valence-corrected chi connectivity index (χ2v) is 5.57. The first-order valence-corrected chi connectivity index (χ1v) is 7.57. The zero-order valence-electron chi connectivity index (χ0n) is 12.0. The Bertz CT molecular complexity index is 641. The lowest BCUT2D eigenvalue weighted by Crippen LogP contribution is -2.42. The lowest BCUT2D eigenvalue weighted by atomic mass is 10.1. The van der Waals surface area contributed by atoms with Gasteiger partial charge in [0, 0.05) is 11.9 Å². The number of likely N-dealkylation sites (tertiary alicyclic amines) is 1. The summed E-state index contributed by atoms with van der Waals surface area (Å²) >= 11 is 0. The van der Waals surface area contributed by atoms with Crippen molar-refractivity contribution >= 4 is 16.8 Å². The summed E-state index contributed by atoms with van der Waals surface area (Å²) in [6.45, 7) is 0.734. The summed E-state index contributed by atoms with van der Waals surface area (Å²) in [5, 5.41) is 10.6. The van der Waals surface area contributed by atoms with Crippen LogP contribution in [0.5, 0.6) is 0 Å². The minimum absolute atomic E-state index is 0.0271. The lowest BCUT2D eigenvalue weighted by Gasteiger charge is -2.28. The number of aliphatic hydroxyl groups excluding tert-OH is 1. The molecule has 110 valence electrons. The molecule has 2 heterocycles. The maximum atomic E-state index is 12.7. The highest BCUT2D eigenvalue weighted by Gasteiger charge is 2.26. The molecule has 0 aliphatic carbocycles. The third-order valence-corrected chi connectivity index (χ3v) is 4.17. The van der Waals surface area contributed by atoms with Gasteiger partial charge in [0.05, 0.1) is 18.2 Å². The molecule has 1 aliphatic rings. The fourth-order valence-corrected chi connectivity index (χ4v) is 2.97. The van der Waals surface area contributed by atoms with Crippen LogP contribution in [0.3, 0.4) is 0 Å². The van der Waals surface area contributed by atoms with Gasteiger partial charge < -0.3 is 10.0 Å². The van der Waals surface area contributed by atoms with Gasteiger partial charge in [-0.1, -0.05) is 37.1 Å². The van der Waals surface area contributed by atoms with Crippen molar-refractivity contribution in [2.45, 2.75) is 31.7 Å². The van der Waals surface area contributed by atoms with Crippen LogP contribution in [0.15, 0.2) is 36.4 Å². The Morgan fingerprint density at radius 2 is 2.05 bits per heavy atom. The van der Waals surface area contributed by atoms with E-state index in [1.54, 1.807) is 11.0 Å². The fraction of sp³-hybridized carbons (Fsp3) is 0.412. The van der Waals surface area contributed by atoms with Crippen LogP contribution in [0.4, 0.5) is 0 Å². The third-order valence-electron chi connectivity index (χ3n) is 4.17. The van der Waals surface area contributed by atoms with Crippen molar-refractivity contribution in [1.29, 1.82) is 0 Å². The molecule has 2 aromatic rings. The zero-order chi connectivity index (χ0) is 14.7. The number of amides is 1. The summed E-state index contributed by atoms with van der Waals surface area (Å²) in [5.74, 6) is -0.0679. The maximum absolute atomic E-state index is 12.7. The van der Waals surface area contributed by atoms with Crippen LogP contribution in [0.2, 0.25) is 0 Å². The number of benzene rings is 1. The van der Waals surface area contributed by atoms with Crippen molar-refractivity contribution in [3.63, 3.8) is 0 Å². The average Bonchev–Trinajstić information content (AvgIpc) is 2.79.